The average Bonchev–Trinajstić information content (AvgIpc) is 3.55. The van der Waals surface area contributed by atoms with E-state index in [0.29, 0.717) is 42.9 Å². The lowest BCUT2D eigenvalue weighted by Gasteiger charge is -2.40. The number of hydroxylamine groups is 2. The van der Waals surface area contributed by atoms with Crippen LogP contribution in [-0.2, 0) is 27.5 Å². The molecule has 1 saturated heterocycles. The summed E-state index contributed by atoms with van der Waals surface area (Å²) in [6, 6.07) is 8.39. The second-order valence-electron chi connectivity index (χ2n) is 12.3. The minimum absolute atomic E-state index is 0.0418. The molecule has 3 amide bonds. The molecule has 2 aliphatic heterocycles. The van der Waals surface area contributed by atoms with Crippen LogP contribution in [0.15, 0.2) is 24.3 Å². The SMILES string of the molecule is CC(C)(C)[C@H](NC(=O)[C@H](CC1CCCC1)CN(O)C=O)C(=O)N1CCC(N2Cc3ccccc3C2)CC1. The fourth-order valence-corrected chi connectivity index (χ4v) is 6.34. The number of carbonyl (C=O) groups excluding carboxylic acids is 3. The van der Waals surface area contributed by atoms with Gasteiger partial charge in [0.15, 0.2) is 0 Å². The van der Waals surface area contributed by atoms with Crippen LogP contribution in [0.1, 0.15) is 76.8 Å². The number of piperidine rings is 1. The van der Waals surface area contributed by atoms with E-state index in [2.05, 4.69) is 34.5 Å². The number of likely N-dealkylation sites (tertiary alicyclic amines) is 1. The van der Waals surface area contributed by atoms with Crippen LogP contribution in [0.4, 0.5) is 0 Å². The number of hydrogen-bond donors (Lipinski definition) is 2. The van der Waals surface area contributed by atoms with Gasteiger partial charge in [-0.2, -0.15) is 0 Å². The Morgan fingerprint density at radius 3 is 2.22 bits per heavy atom. The molecule has 37 heavy (non-hydrogen) atoms. The van der Waals surface area contributed by atoms with Crippen molar-refractivity contribution in [1.29, 1.82) is 0 Å². The van der Waals surface area contributed by atoms with E-state index in [1.807, 2.05) is 25.7 Å². The van der Waals surface area contributed by atoms with Crippen molar-refractivity contribution in [2.24, 2.45) is 17.3 Å². The third-order valence-corrected chi connectivity index (χ3v) is 8.55. The quantitative estimate of drug-likeness (QED) is 0.300. The maximum absolute atomic E-state index is 13.7. The fourth-order valence-electron chi connectivity index (χ4n) is 6.34. The zero-order valence-corrected chi connectivity index (χ0v) is 22.7. The summed E-state index contributed by atoms with van der Waals surface area (Å²) in [6.45, 7) is 9.17. The molecule has 204 valence electrons. The van der Waals surface area contributed by atoms with Crippen LogP contribution >= 0.6 is 0 Å². The maximum atomic E-state index is 13.7. The third-order valence-electron chi connectivity index (χ3n) is 8.55. The summed E-state index contributed by atoms with van der Waals surface area (Å²) in [7, 11) is 0. The average molecular weight is 513 g/mol. The van der Waals surface area contributed by atoms with Crippen LogP contribution in [0, 0.1) is 17.3 Å². The van der Waals surface area contributed by atoms with Gasteiger partial charge in [0, 0.05) is 32.2 Å². The summed E-state index contributed by atoms with van der Waals surface area (Å²) < 4.78 is 0. The highest BCUT2D eigenvalue weighted by Gasteiger charge is 2.39. The van der Waals surface area contributed by atoms with E-state index >= 15 is 0 Å². The predicted octanol–water partition coefficient (Wildman–Crippen LogP) is 3.57. The maximum Gasteiger partial charge on any atom is 0.245 e. The van der Waals surface area contributed by atoms with E-state index in [4.69, 9.17) is 0 Å². The van der Waals surface area contributed by atoms with Crippen LogP contribution in [0.25, 0.3) is 0 Å². The fraction of sp³-hybridized carbons (Fsp3) is 0.690. The Morgan fingerprint density at radius 1 is 1.08 bits per heavy atom. The Kier molecular flexibility index (Phi) is 8.90. The molecule has 1 aromatic carbocycles. The highest BCUT2D eigenvalue weighted by molar-refractivity contribution is 5.89. The van der Waals surface area contributed by atoms with Crippen LogP contribution in [0.5, 0.6) is 0 Å². The summed E-state index contributed by atoms with van der Waals surface area (Å²) >= 11 is 0. The van der Waals surface area contributed by atoms with Gasteiger partial charge in [0.1, 0.15) is 6.04 Å². The number of fused-ring (bicyclic) bond motifs is 1. The van der Waals surface area contributed by atoms with Gasteiger partial charge in [0.05, 0.1) is 12.5 Å². The number of hydrogen-bond acceptors (Lipinski definition) is 5. The Hall–Kier alpha value is -2.45. The molecule has 2 fully saturated rings. The van der Waals surface area contributed by atoms with Gasteiger partial charge in [0.2, 0.25) is 18.2 Å². The standard InChI is InChI=1S/C29H44N4O4/c1-29(2,3)26(30-27(35)24(19-33(37)20-34)16-21-8-4-5-9-21)28(36)31-14-12-25(13-15-31)32-17-22-10-6-7-11-23(22)18-32/h6-7,10-11,20-21,24-26,37H,4-5,8-9,12-19H2,1-3H3,(H,30,35)/t24-,26-/m1/s1. The summed E-state index contributed by atoms with van der Waals surface area (Å²) in [5.41, 5.74) is 2.33. The van der Waals surface area contributed by atoms with Crippen molar-refractivity contribution in [3.05, 3.63) is 35.4 Å². The zero-order valence-electron chi connectivity index (χ0n) is 22.7. The van der Waals surface area contributed by atoms with Crippen molar-refractivity contribution >= 4 is 18.2 Å². The molecule has 0 unspecified atom stereocenters. The first kappa shape index (κ1) is 27.6. The molecular weight excluding hydrogens is 468 g/mol. The van der Waals surface area contributed by atoms with Gasteiger partial charge in [-0.05, 0) is 41.7 Å². The number of amides is 3. The van der Waals surface area contributed by atoms with Crippen LogP contribution in [-0.4, -0.2) is 70.0 Å². The van der Waals surface area contributed by atoms with Crippen molar-refractivity contribution in [3.8, 4) is 0 Å². The van der Waals surface area contributed by atoms with Crippen molar-refractivity contribution in [3.63, 3.8) is 0 Å². The van der Waals surface area contributed by atoms with Crippen molar-refractivity contribution in [1.82, 2.24) is 20.2 Å². The second-order valence-corrected chi connectivity index (χ2v) is 12.3. The summed E-state index contributed by atoms with van der Waals surface area (Å²) in [6.07, 6.45) is 7.23. The van der Waals surface area contributed by atoms with Gasteiger partial charge in [0.25, 0.3) is 0 Å². The van der Waals surface area contributed by atoms with Crippen molar-refractivity contribution in [2.45, 2.75) is 90.9 Å². The minimum atomic E-state index is -0.665. The lowest BCUT2D eigenvalue weighted by Crippen LogP contribution is -2.58. The topological polar surface area (TPSA) is 93.2 Å². The van der Waals surface area contributed by atoms with Crippen molar-refractivity contribution < 1.29 is 19.6 Å². The third kappa shape index (κ3) is 6.90. The number of nitrogens with one attached hydrogen (secondary N) is 1. The van der Waals surface area contributed by atoms with Crippen LogP contribution in [0.2, 0.25) is 0 Å². The van der Waals surface area contributed by atoms with E-state index in [0.717, 1.165) is 51.6 Å². The first-order chi connectivity index (χ1) is 17.7. The molecule has 1 saturated carbocycles. The van der Waals surface area contributed by atoms with Gasteiger partial charge in [-0.15, -0.1) is 0 Å². The van der Waals surface area contributed by atoms with E-state index in [1.54, 1.807) is 0 Å². The Balaban J connectivity index is 1.37. The summed E-state index contributed by atoms with van der Waals surface area (Å²) in [5, 5.41) is 13.4. The largest absolute Gasteiger partial charge is 0.344 e. The zero-order chi connectivity index (χ0) is 26.6. The molecule has 0 bridgehead atoms. The normalized spacial score (nSPS) is 20.9. The molecule has 0 spiro atoms. The molecule has 8 nitrogen and oxygen atoms in total. The molecule has 1 aliphatic carbocycles. The molecule has 2 atom stereocenters. The Labute approximate surface area is 221 Å². The van der Waals surface area contributed by atoms with Crippen molar-refractivity contribution in [2.75, 3.05) is 19.6 Å². The Morgan fingerprint density at radius 2 is 1.68 bits per heavy atom. The van der Waals surface area contributed by atoms with Crippen LogP contribution in [0.3, 0.4) is 0 Å². The van der Waals surface area contributed by atoms with E-state index in [1.165, 1.54) is 11.1 Å². The molecule has 2 heterocycles. The van der Waals surface area contributed by atoms with E-state index in [-0.39, 0.29) is 18.4 Å². The molecule has 1 aromatic rings. The van der Waals surface area contributed by atoms with E-state index in [9.17, 15) is 19.6 Å². The van der Waals surface area contributed by atoms with Gasteiger partial charge in [-0.3, -0.25) is 24.5 Å². The van der Waals surface area contributed by atoms with E-state index < -0.39 is 17.4 Å². The lowest BCUT2D eigenvalue weighted by molar-refractivity contribution is -0.156. The first-order valence-corrected chi connectivity index (χ1v) is 14.0. The smallest absolute Gasteiger partial charge is 0.245 e. The lowest BCUT2D eigenvalue weighted by atomic mass is 9.84. The first-order valence-electron chi connectivity index (χ1n) is 14.0. The summed E-state index contributed by atoms with van der Waals surface area (Å²) in [5.74, 6) is -0.431. The molecule has 4 rings (SSSR count). The number of rotatable bonds is 9. The molecule has 8 heteroatoms. The molecular formula is C29H44N4O4. The highest BCUT2D eigenvalue weighted by atomic mass is 16.5. The number of carbonyl (C=O) groups is 3. The second kappa shape index (κ2) is 11.9. The van der Waals surface area contributed by atoms with Gasteiger partial charge in [-0.25, -0.2) is 5.06 Å². The molecule has 0 radical (unpaired) electrons. The molecule has 3 aliphatic rings. The minimum Gasteiger partial charge on any atom is -0.344 e. The van der Waals surface area contributed by atoms with Crippen LogP contribution < -0.4 is 5.32 Å². The van der Waals surface area contributed by atoms with Gasteiger partial charge < -0.3 is 10.2 Å². The summed E-state index contributed by atoms with van der Waals surface area (Å²) in [4.78, 5) is 42.6. The predicted molar refractivity (Wildman–Crippen MR) is 141 cm³/mol. The number of nitrogens with zero attached hydrogens (tertiary/aromatic N) is 3. The van der Waals surface area contributed by atoms with Gasteiger partial charge in [-0.1, -0.05) is 70.7 Å². The number of benzene rings is 1. The monoisotopic (exact) mass is 512 g/mol. The highest BCUT2D eigenvalue weighted by Crippen LogP contribution is 2.32. The molecule has 0 aromatic heterocycles. The Bertz CT molecular complexity index is 922. The van der Waals surface area contributed by atoms with Gasteiger partial charge >= 0.3 is 0 Å². The molecule has 2 N–H and O–H groups in total.